The van der Waals surface area contributed by atoms with E-state index in [4.69, 9.17) is 18.9 Å². The molecule has 196 valence electrons. The third kappa shape index (κ3) is 7.77. The Hall–Kier alpha value is -4.45. The van der Waals surface area contributed by atoms with E-state index >= 15 is 0 Å². The van der Waals surface area contributed by atoms with Crippen LogP contribution in [0.15, 0.2) is 97.1 Å². The molecule has 0 saturated carbocycles. The fourth-order valence-electron chi connectivity index (χ4n) is 4.04. The Labute approximate surface area is 224 Å². The molecule has 6 nitrogen and oxygen atoms in total. The van der Waals surface area contributed by atoms with Crippen LogP contribution in [0.5, 0.6) is 23.0 Å². The van der Waals surface area contributed by atoms with Crippen LogP contribution in [-0.2, 0) is 30.8 Å². The smallest absolute Gasteiger partial charge is 0.224 e. The van der Waals surface area contributed by atoms with E-state index in [2.05, 4.69) is 5.32 Å². The molecular weight excluding hydrogens is 478 g/mol. The first-order valence-corrected chi connectivity index (χ1v) is 12.6. The number of methoxy groups -OCH3 is 2. The first-order chi connectivity index (χ1) is 18.6. The second kappa shape index (κ2) is 13.7. The zero-order valence-electron chi connectivity index (χ0n) is 21.8. The maximum atomic E-state index is 12.8. The van der Waals surface area contributed by atoms with Crippen LogP contribution in [0.4, 0.5) is 0 Å². The highest BCUT2D eigenvalue weighted by Crippen LogP contribution is 2.39. The van der Waals surface area contributed by atoms with E-state index in [1.165, 1.54) is 0 Å². The van der Waals surface area contributed by atoms with Crippen LogP contribution in [-0.4, -0.2) is 26.7 Å². The molecule has 4 aromatic rings. The van der Waals surface area contributed by atoms with E-state index in [1.807, 2.05) is 97.1 Å². The molecule has 0 fully saturated rings. The lowest BCUT2D eigenvalue weighted by Crippen LogP contribution is -2.27. The van der Waals surface area contributed by atoms with Gasteiger partial charge in [-0.3, -0.25) is 4.79 Å². The molecule has 1 amide bonds. The Balaban J connectivity index is 1.47. The number of hydrogen-bond acceptors (Lipinski definition) is 5. The molecule has 0 heterocycles. The normalized spacial score (nSPS) is 10.5. The van der Waals surface area contributed by atoms with E-state index in [0.717, 1.165) is 28.0 Å². The van der Waals surface area contributed by atoms with Crippen LogP contribution in [0.2, 0.25) is 0 Å². The lowest BCUT2D eigenvalue weighted by molar-refractivity contribution is -0.120. The minimum atomic E-state index is -0.0823. The second-order valence-corrected chi connectivity index (χ2v) is 8.80. The molecule has 4 rings (SSSR count). The highest BCUT2D eigenvalue weighted by Gasteiger charge is 2.17. The van der Waals surface area contributed by atoms with Crippen molar-refractivity contribution in [2.45, 2.75) is 26.1 Å². The molecule has 0 aliphatic rings. The van der Waals surface area contributed by atoms with Gasteiger partial charge in [-0.2, -0.15) is 0 Å². The Bertz CT molecular complexity index is 1240. The first-order valence-electron chi connectivity index (χ1n) is 12.6. The summed E-state index contributed by atoms with van der Waals surface area (Å²) >= 11 is 0. The monoisotopic (exact) mass is 511 g/mol. The zero-order chi connectivity index (χ0) is 26.6. The number of ether oxygens (including phenoxy) is 4. The van der Waals surface area contributed by atoms with Crippen molar-refractivity contribution in [3.8, 4) is 23.0 Å². The van der Waals surface area contributed by atoms with Gasteiger partial charge in [-0.05, 0) is 52.9 Å². The van der Waals surface area contributed by atoms with Crippen molar-refractivity contribution in [1.29, 1.82) is 0 Å². The standard InChI is InChI=1S/C32H33NO5/c1-35-28-15-9-14-24(18-28)16-17-33-31(34)21-27-19-29(37-22-25-10-5-3-6-11-25)32(36-2)30(20-27)38-23-26-12-7-4-8-13-26/h3-15,18-20H,16-17,21-23H2,1-2H3,(H,33,34). The predicted molar refractivity (Wildman–Crippen MR) is 148 cm³/mol. The number of rotatable bonds is 13. The molecule has 38 heavy (non-hydrogen) atoms. The maximum absolute atomic E-state index is 12.8. The molecule has 1 N–H and O–H groups in total. The third-order valence-electron chi connectivity index (χ3n) is 5.99. The first kappa shape index (κ1) is 26.6. The van der Waals surface area contributed by atoms with Crippen LogP contribution >= 0.6 is 0 Å². The van der Waals surface area contributed by atoms with Crippen molar-refractivity contribution in [2.75, 3.05) is 20.8 Å². The summed E-state index contributed by atoms with van der Waals surface area (Å²) in [7, 11) is 3.23. The minimum Gasteiger partial charge on any atom is -0.497 e. The van der Waals surface area contributed by atoms with Gasteiger partial charge in [-0.1, -0.05) is 72.8 Å². The number of amides is 1. The summed E-state index contributed by atoms with van der Waals surface area (Å²) in [6.07, 6.45) is 0.897. The second-order valence-electron chi connectivity index (χ2n) is 8.80. The molecule has 0 bridgehead atoms. The Kier molecular flexibility index (Phi) is 9.63. The summed E-state index contributed by atoms with van der Waals surface area (Å²) in [5, 5.41) is 3.01. The minimum absolute atomic E-state index is 0.0823. The summed E-state index contributed by atoms with van der Waals surface area (Å²) in [4.78, 5) is 12.8. The number of nitrogens with one attached hydrogen (secondary N) is 1. The molecule has 0 spiro atoms. The highest BCUT2D eigenvalue weighted by atomic mass is 16.5. The summed E-state index contributed by atoms with van der Waals surface area (Å²) in [5.41, 5.74) is 3.93. The molecule has 0 saturated heterocycles. The van der Waals surface area contributed by atoms with E-state index in [-0.39, 0.29) is 12.3 Å². The number of carbonyl (C=O) groups is 1. The van der Waals surface area contributed by atoms with Crippen LogP contribution in [0, 0.1) is 0 Å². The van der Waals surface area contributed by atoms with Crippen molar-refractivity contribution >= 4 is 5.91 Å². The largest absolute Gasteiger partial charge is 0.497 e. The average molecular weight is 512 g/mol. The van der Waals surface area contributed by atoms with Gasteiger partial charge in [0.05, 0.1) is 20.6 Å². The van der Waals surface area contributed by atoms with Gasteiger partial charge in [0.15, 0.2) is 11.5 Å². The average Bonchev–Trinajstić information content (AvgIpc) is 2.96. The van der Waals surface area contributed by atoms with Gasteiger partial charge in [-0.25, -0.2) is 0 Å². The number of carbonyl (C=O) groups excluding carboxylic acids is 1. The van der Waals surface area contributed by atoms with Crippen molar-refractivity contribution in [1.82, 2.24) is 5.32 Å². The van der Waals surface area contributed by atoms with Gasteiger partial charge < -0.3 is 24.3 Å². The molecule has 0 aliphatic heterocycles. The molecular formula is C32H33NO5. The molecule has 4 aromatic carbocycles. The third-order valence-corrected chi connectivity index (χ3v) is 5.99. The number of hydrogen-bond donors (Lipinski definition) is 1. The lowest BCUT2D eigenvalue weighted by Gasteiger charge is -2.17. The highest BCUT2D eigenvalue weighted by molar-refractivity contribution is 5.79. The van der Waals surface area contributed by atoms with Crippen LogP contribution in [0.1, 0.15) is 22.3 Å². The molecule has 0 radical (unpaired) electrons. The SMILES string of the molecule is COc1cccc(CCNC(=O)Cc2cc(OCc3ccccc3)c(OC)c(OCc3ccccc3)c2)c1. The van der Waals surface area contributed by atoms with Crippen LogP contribution in [0.3, 0.4) is 0 Å². The van der Waals surface area contributed by atoms with Gasteiger partial charge >= 0.3 is 0 Å². The topological polar surface area (TPSA) is 66.0 Å². The van der Waals surface area contributed by atoms with E-state index in [9.17, 15) is 4.79 Å². The van der Waals surface area contributed by atoms with Crippen molar-refractivity contribution in [3.05, 3.63) is 119 Å². The zero-order valence-corrected chi connectivity index (χ0v) is 21.8. The number of benzene rings is 4. The predicted octanol–water partition coefficient (Wildman–Crippen LogP) is 5.76. The summed E-state index contributed by atoms with van der Waals surface area (Å²) in [6, 6.07) is 31.3. The summed E-state index contributed by atoms with van der Waals surface area (Å²) < 4.78 is 23.2. The molecule has 0 unspecified atom stereocenters. The Morgan fingerprint density at radius 2 is 1.24 bits per heavy atom. The van der Waals surface area contributed by atoms with Crippen LogP contribution in [0.25, 0.3) is 0 Å². The molecule has 6 heteroatoms. The summed E-state index contributed by atoms with van der Waals surface area (Å²) in [5.74, 6) is 2.28. The van der Waals surface area contributed by atoms with Crippen molar-refractivity contribution < 1.29 is 23.7 Å². The molecule has 0 atom stereocenters. The van der Waals surface area contributed by atoms with Gasteiger partial charge in [0, 0.05) is 6.54 Å². The van der Waals surface area contributed by atoms with Gasteiger partial charge in [0.1, 0.15) is 19.0 Å². The van der Waals surface area contributed by atoms with Crippen molar-refractivity contribution in [3.63, 3.8) is 0 Å². The quantitative estimate of drug-likeness (QED) is 0.247. The fraction of sp³-hybridized carbons (Fsp3) is 0.219. The molecule has 0 aliphatic carbocycles. The van der Waals surface area contributed by atoms with Gasteiger partial charge in [0.25, 0.3) is 0 Å². The van der Waals surface area contributed by atoms with Crippen molar-refractivity contribution in [2.24, 2.45) is 0 Å². The maximum Gasteiger partial charge on any atom is 0.224 e. The van der Waals surface area contributed by atoms with Gasteiger partial charge in [-0.15, -0.1) is 0 Å². The Morgan fingerprint density at radius 1 is 0.658 bits per heavy atom. The lowest BCUT2D eigenvalue weighted by atomic mass is 10.1. The van der Waals surface area contributed by atoms with E-state index in [1.54, 1.807) is 14.2 Å². The Morgan fingerprint density at radius 3 is 1.79 bits per heavy atom. The fourth-order valence-corrected chi connectivity index (χ4v) is 4.04. The van der Waals surface area contributed by atoms with E-state index < -0.39 is 0 Å². The van der Waals surface area contributed by atoms with Crippen LogP contribution < -0.4 is 24.3 Å². The summed E-state index contributed by atoms with van der Waals surface area (Å²) in [6.45, 7) is 1.26. The van der Waals surface area contributed by atoms with E-state index in [0.29, 0.717) is 43.4 Å². The molecule has 0 aromatic heterocycles. The van der Waals surface area contributed by atoms with Gasteiger partial charge in [0.2, 0.25) is 11.7 Å².